The van der Waals surface area contributed by atoms with E-state index in [2.05, 4.69) is 206 Å². The number of anilines is 6. The number of nitrogens with zero attached hydrogens (tertiary/aromatic N) is 2. The lowest BCUT2D eigenvalue weighted by Gasteiger charge is -2.46. The highest BCUT2D eigenvalue weighted by atomic mass is 16.5. The molecule has 8 aromatic carbocycles. The van der Waals surface area contributed by atoms with Crippen LogP contribution in [0.25, 0.3) is 22.3 Å². The lowest BCUT2D eigenvalue weighted by atomic mass is 9.70. The van der Waals surface area contributed by atoms with Gasteiger partial charge in [-0.05, 0) is 111 Å². The summed E-state index contributed by atoms with van der Waals surface area (Å²) in [5.74, 6) is 1.74. The number of para-hydroxylation sites is 3. The van der Waals surface area contributed by atoms with E-state index in [1.54, 1.807) is 0 Å². The molecule has 0 radical (unpaired) electrons. The molecule has 3 nitrogen and oxygen atoms in total. The highest BCUT2D eigenvalue weighted by molar-refractivity contribution is 5.98. The van der Waals surface area contributed by atoms with Gasteiger partial charge in [0.2, 0.25) is 0 Å². The monoisotopic (exact) mass is 718 g/mol. The molecule has 0 amide bonds. The molecular weight excluding hydrogens is 681 g/mol. The van der Waals surface area contributed by atoms with E-state index >= 15 is 0 Å². The average molecular weight is 719 g/mol. The van der Waals surface area contributed by atoms with E-state index in [0.717, 1.165) is 39.9 Å². The zero-order chi connectivity index (χ0) is 37.3. The van der Waals surface area contributed by atoms with Crippen molar-refractivity contribution in [3.05, 3.63) is 215 Å². The minimum Gasteiger partial charge on any atom is -0.453 e. The minimum absolute atomic E-state index is 0.292. The Morgan fingerprint density at radius 1 is 0.429 bits per heavy atom. The van der Waals surface area contributed by atoms with Crippen LogP contribution in [0.2, 0.25) is 0 Å². The van der Waals surface area contributed by atoms with Gasteiger partial charge in [0.05, 0.1) is 28.2 Å². The predicted molar refractivity (Wildman–Crippen MR) is 229 cm³/mol. The summed E-state index contributed by atoms with van der Waals surface area (Å²) in [4.78, 5) is 4.87. The second-order valence-corrected chi connectivity index (χ2v) is 16.1. The molecule has 0 N–H and O–H groups in total. The van der Waals surface area contributed by atoms with Crippen LogP contribution in [0.15, 0.2) is 176 Å². The molecule has 0 saturated heterocycles. The van der Waals surface area contributed by atoms with E-state index in [4.69, 9.17) is 4.74 Å². The van der Waals surface area contributed by atoms with Crippen molar-refractivity contribution < 1.29 is 4.74 Å². The quantitative estimate of drug-likeness (QED) is 0.181. The smallest absolute Gasteiger partial charge is 0.153 e. The van der Waals surface area contributed by atoms with Crippen LogP contribution in [0, 0.1) is 6.92 Å². The summed E-state index contributed by atoms with van der Waals surface area (Å²) in [5, 5.41) is 0. The van der Waals surface area contributed by atoms with Gasteiger partial charge in [-0.25, -0.2) is 0 Å². The molecule has 2 aliphatic carbocycles. The maximum absolute atomic E-state index is 6.98. The number of fused-ring (bicyclic) bond motifs is 14. The Hall–Kier alpha value is -6.84. The zero-order valence-corrected chi connectivity index (χ0v) is 31.5. The lowest BCUT2D eigenvalue weighted by Crippen LogP contribution is -2.33. The Kier molecular flexibility index (Phi) is 6.25. The van der Waals surface area contributed by atoms with Crippen LogP contribution in [0.3, 0.4) is 0 Å². The highest BCUT2D eigenvalue weighted by Gasteiger charge is 2.52. The predicted octanol–water partition coefficient (Wildman–Crippen LogP) is 14.0. The first-order valence-corrected chi connectivity index (χ1v) is 19.6. The van der Waals surface area contributed by atoms with Gasteiger partial charge in [0.1, 0.15) is 0 Å². The van der Waals surface area contributed by atoms with Gasteiger partial charge in [-0.1, -0.05) is 141 Å². The van der Waals surface area contributed by atoms with E-state index in [9.17, 15) is 0 Å². The molecule has 0 fully saturated rings. The first-order valence-electron chi connectivity index (χ1n) is 19.6. The van der Waals surface area contributed by atoms with Crippen molar-refractivity contribution in [3.63, 3.8) is 0 Å². The van der Waals surface area contributed by atoms with Crippen molar-refractivity contribution in [2.75, 3.05) is 9.80 Å². The Morgan fingerprint density at radius 2 is 1.00 bits per heavy atom. The van der Waals surface area contributed by atoms with Gasteiger partial charge < -0.3 is 14.5 Å². The molecule has 56 heavy (non-hydrogen) atoms. The van der Waals surface area contributed by atoms with Crippen LogP contribution in [0.1, 0.15) is 52.8 Å². The third-order valence-corrected chi connectivity index (χ3v) is 12.9. The van der Waals surface area contributed by atoms with Crippen molar-refractivity contribution in [2.45, 2.75) is 31.6 Å². The van der Waals surface area contributed by atoms with Crippen LogP contribution in [-0.4, -0.2) is 0 Å². The Bertz CT molecular complexity index is 2900. The summed E-state index contributed by atoms with van der Waals surface area (Å²) in [7, 11) is 0. The van der Waals surface area contributed by atoms with E-state index in [0.29, 0.717) is 0 Å². The van der Waals surface area contributed by atoms with Gasteiger partial charge >= 0.3 is 0 Å². The van der Waals surface area contributed by atoms with Gasteiger partial charge in [-0.3, -0.25) is 0 Å². The molecular formula is C53H38N2O. The highest BCUT2D eigenvalue weighted by Crippen LogP contribution is 2.65. The van der Waals surface area contributed by atoms with Gasteiger partial charge in [-0.15, -0.1) is 0 Å². The third-order valence-electron chi connectivity index (χ3n) is 12.9. The molecule has 1 spiro atoms. The van der Waals surface area contributed by atoms with Gasteiger partial charge in [0.15, 0.2) is 11.5 Å². The first kappa shape index (κ1) is 31.5. The number of ether oxygens (including phenoxy) is 1. The van der Waals surface area contributed by atoms with E-state index in [1.165, 1.54) is 66.9 Å². The summed E-state index contributed by atoms with van der Waals surface area (Å²) in [6.07, 6.45) is 0. The first-order chi connectivity index (χ1) is 27.5. The summed E-state index contributed by atoms with van der Waals surface area (Å²) in [6, 6.07) is 64.9. The van der Waals surface area contributed by atoms with Crippen LogP contribution < -0.4 is 14.5 Å². The van der Waals surface area contributed by atoms with Crippen molar-refractivity contribution in [1.82, 2.24) is 0 Å². The SMILES string of the molecule is Cc1cccc2c1N1c3ccccc3C(C)(C)c3cc(N(c4ccccc4)c4ccc5c(c4)C4(c6ccccc6-c6ccccc64)c4ccccc4-5)cc(c31)O2. The molecule has 12 rings (SSSR count). The topological polar surface area (TPSA) is 15.7 Å². The number of hydrogen-bond acceptors (Lipinski definition) is 3. The summed E-state index contributed by atoms with van der Waals surface area (Å²) >= 11 is 0. The summed E-state index contributed by atoms with van der Waals surface area (Å²) in [6.45, 7) is 6.89. The summed E-state index contributed by atoms with van der Waals surface area (Å²) in [5.41, 5.74) is 20.2. The molecule has 4 aliphatic rings. The number of benzene rings is 8. The Labute approximate surface area is 327 Å². The molecule has 0 saturated carbocycles. The maximum Gasteiger partial charge on any atom is 0.153 e. The van der Waals surface area contributed by atoms with Crippen molar-refractivity contribution in [2.24, 2.45) is 0 Å². The fourth-order valence-electron chi connectivity index (χ4n) is 10.6. The molecule has 0 aromatic heterocycles. The van der Waals surface area contributed by atoms with E-state index in [1.807, 2.05) is 0 Å². The molecule has 2 aliphatic heterocycles. The fourth-order valence-corrected chi connectivity index (χ4v) is 10.6. The van der Waals surface area contributed by atoms with Crippen molar-refractivity contribution >= 4 is 34.1 Å². The lowest BCUT2D eigenvalue weighted by molar-refractivity contribution is 0.471. The van der Waals surface area contributed by atoms with Crippen LogP contribution in [0.4, 0.5) is 34.1 Å². The van der Waals surface area contributed by atoms with Gasteiger partial charge in [0, 0.05) is 22.9 Å². The van der Waals surface area contributed by atoms with E-state index < -0.39 is 5.41 Å². The molecule has 266 valence electrons. The Balaban J connectivity index is 1.13. The second kappa shape index (κ2) is 11.1. The molecule has 3 heteroatoms. The number of aryl methyl sites for hydroxylation is 1. The number of rotatable bonds is 3. The van der Waals surface area contributed by atoms with Crippen molar-refractivity contribution in [3.8, 4) is 33.8 Å². The zero-order valence-electron chi connectivity index (χ0n) is 31.5. The summed E-state index contributed by atoms with van der Waals surface area (Å²) < 4.78 is 6.98. The van der Waals surface area contributed by atoms with E-state index in [-0.39, 0.29) is 5.41 Å². The fraction of sp³-hybridized carbons (Fsp3) is 0.0943. The molecule has 0 atom stereocenters. The second-order valence-electron chi connectivity index (χ2n) is 16.1. The van der Waals surface area contributed by atoms with Gasteiger partial charge in [-0.2, -0.15) is 0 Å². The molecule has 8 aromatic rings. The standard InChI is InChI=1S/C53H38N2O/c1-33-16-15-27-48-50(33)55-47-26-14-13-25-44(47)52(2,3)46-31-36(32-49(56-48)51(46)55)54(34-17-5-4-6-18-34)35-28-29-40-39-21-9-12-24-43(39)53(45(40)30-35)41-22-10-7-19-37(41)38-20-8-11-23-42(38)53/h4-32H,1-3H3. The van der Waals surface area contributed by atoms with Crippen LogP contribution in [-0.2, 0) is 10.8 Å². The van der Waals surface area contributed by atoms with Crippen molar-refractivity contribution in [1.29, 1.82) is 0 Å². The molecule has 0 unspecified atom stereocenters. The maximum atomic E-state index is 6.98. The molecule has 0 bridgehead atoms. The third kappa shape index (κ3) is 3.92. The minimum atomic E-state index is -0.434. The van der Waals surface area contributed by atoms with Crippen LogP contribution in [0.5, 0.6) is 11.5 Å². The van der Waals surface area contributed by atoms with Crippen LogP contribution >= 0.6 is 0 Å². The Morgan fingerprint density at radius 3 is 1.68 bits per heavy atom. The molecule has 2 heterocycles. The average Bonchev–Trinajstić information content (AvgIpc) is 3.70. The van der Waals surface area contributed by atoms with Gasteiger partial charge in [0.25, 0.3) is 0 Å². The largest absolute Gasteiger partial charge is 0.453 e. The normalized spacial score (nSPS) is 15.1. The number of hydrogen-bond donors (Lipinski definition) is 0.